The van der Waals surface area contributed by atoms with Crippen LogP contribution in [0.3, 0.4) is 0 Å². The molecule has 0 unspecified atom stereocenters. The van der Waals surface area contributed by atoms with Crippen molar-refractivity contribution in [3.05, 3.63) is 65.2 Å². The van der Waals surface area contributed by atoms with E-state index in [2.05, 4.69) is 0 Å². The first-order valence-corrected chi connectivity index (χ1v) is 11.1. The molecule has 0 spiro atoms. The number of benzene rings is 2. The largest absolute Gasteiger partial charge is 0.497 e. The van der Waals surface area contributed by atoms with Crippen LogP contribution in [0.2, 0.25) is 0 Å². The first-order chi connectivity index (χ1) is 15.4. The van der Waals surface area contributed by atoms with Crippen LogP contribution in [0, 0.1) is 17.6 Å². The van der Waals surface area contributed by atoms with Gasteiger partial charge in [-0.25, -0.2) is 8.78 Å². The Balaban J connectivity index is 1.37. The van der Waals surface area contributed by atoms with Crippen LogP contribution < -0.4 is 4.74 Å². The van der Waals surface area contributed by atoms with Crippen LogP contribution in [-0.2, 0) is 22.4 Å². The second-order valence-corrected chi connectivity index (χ2v) is 8.64. The molecule has 0 bridgehead atoms. The summed E-state index contributed by atoms with van der Waals surface area (Å²) in [5, 5.41) is 0. The number of likely N-dealkylation sites (tertiary alicyclic amines) is 2. The van der Waals surface area contributed by atoms with E-state index in [1.807, 2.05) is 34.1 Å². The fourth-order valence-corrected chi connectivity index (χ4v) is 4.93. The lowest BCUT2D eigenvalue weighted by Gasteiger charge is -2.47. The zero-order valence-electron chi connectivity index (χ0n) is 18.2. The van der Waals surface area contributed by atoms with Crippen LogP contribution in [0.4, 0.5) is 8.78 Å². The van der Waals surface area contributed by atoms with Gasteiger partial charge in [0.2, 0.25) is 11.8 Å². The van der Waals surface area contributed by atoms with Crippen molar-refractivity contribution in [2.45, 2.75) is 38.1 Å². The number of hydrogen-bond donors (Lipinski definition) is 0. The van der Waals surface area contributed by atoms with Crippen molar-refractivity contribution in [2.75, 3.05) is 26.7 Å². The van der Waals surface area contributed by atoms with Gasteiger partial charge in [0.1, 0.15) is 5.75 Å². The van der Waals surface area contributed by atoms with Crippen LogP contribution in [-0.4, -0.2) is 54.4 Å². The average Bonchev–Trinajstić information content (AvgIpc) is 2.80. The number of methoxy groups -OCH3 is 1. The molecule has 5 nitrogen and oxygen atoms in total. The van der Waals surface area contributed by atoms with Gasteiger partial charge >= 0.3 is 0 Å². The number of hydrogen-bond acceptors (Lipinski definition) is 3. The van der Waals surface area contributed by atoms with Crippen molar-refractivity contribution < 1.29 is 23.1 Å². The Hall–Kier alpha value is -2.96. The van der Waals surface area contributed by atoms with E-state index >= 15 is 0 Å². The van der Waals surface area contributed by atoms with Gasteiger partial charge in [0, 0.05) is 25.7 Å². The summed E-state index contributed by atoms with van der Waals surface area (Å²) >= 11 is 0. The summed E-state index contributed by atoms with van der Waals surface area (Å²) in [6.45, 7) is 1.92. The molecule has 2 aliphatic heterocycles. The molecule has 2 aromatic rings. The van der Waals surface area contributed by atoms with Crippen LogP contribution in [0.1, 0.15) is 30.4 Å². The number of halogens is 2. The highest BCUT2D eigenvalue weighted by Crippen LogP contribution is 2.31. The third-order valence-corrected chi connectivity index (χ3v) is 6.57. The third-order valence-electron chi connectivity index (χ3n) is 6.57. The highest BCUT2D eigenvalue weighted by molar-refractivity contribution is 5.80. The first kappa shape index (κ1) is 22.2. The quantitative estimate of drug-likeness (QED) is 0.711. The number of nitrogens with zero attached hydrogens (tertiary/aromatic N) is 2. The summed E-state index contributed by atoms with van der Waals surface area (Å²) < 4.78 is 31.9. The van der Waals surface area contributed by atoms with Crippen molar-refractivity contribution in [1.82, 2.24) is 9.80 Å². The minimum absolute atomic E-state index is 0.0545. The molecule has 7 heteroatoms. The molecular formula is C25H28F2N2O3. The molecule has 2 heterocycles. The van der Waals surface area contributed by atoms with Gasteiger partial charge in [-0.3, -0.25) is 9.59 Å². The molecule has 0 N–H and O–H groups in total. The first-order valence-electron chi connectivity index (χ1n) is 11.1. The number of amides is 2. The summed E-state index contributed by atoms with van der Waals surface area (Å²) in [6, 6.07) is 11.2. The van der Waals surface area contributed by atoms with Crippen molar-refractivity contribution in [2.24, 2.45) is 5.92 Å². The Labute approximate surface area is 187 Å². The Kier molecular flexibility index (Phi) is 6.72. The summed E-state index contributed by atoms with van der Waals surface area (Å²) in [5.41, 5.74) is 1.39. The third kappa shape index (κ3) is 4.92. The van der Waals surface area contributed by atoms with Gasteiger partial charge in [-0.1, -0.05) is 18.2 Å². The van der Waals surface area contributed by atoms with Gasteiger partial charge in [0.05, 0.1) is 20.0 Å². The SMILES string of the molecule is COc1cccc(CC(=O)N2CC[C@@H]3[C@H](CCCN3C(=O)Cc3ccc(F)c(F)c3)C2)c1. The molecule has 32 heavy (non-hydrogen) atoms. The van der Waals surface area contributed by atoms with Crippen LogP contribution in [0.15, 0.2) is 42.5 Å². The van der Waals surface area contributed by atoms with Gasteiger partial charge in [0.25, 0.3) is 0 Å². The number of rotatable bonds is 5. The molecule has 170 valence electrons. The number of carbonyl (C=O) groups excluding carboxylic acids is 2. The Morgan fingerprint density at radius 2 is 1.75 bits per heavy atom. The normalized spacial score (nSPS) is 20.6. The van der Waals surface area contributed by atoms with Gasteiger partial charge < -0.3 is 14.5 Å². The molecule has 2 aromatic carbocycles. The Morgan fingerprint density at radius 1 is 0.969 bits per heavy atom. The number of piperidine rings is 2. The summed E-state index contributed by atoms with van der Waals surface area (Å²) in [5.74, 6) is -0.860. The minimum Gasteiger partial charge on any atom is -0.497 e. The monoisotopic (exact) mass is 442 g/mol. The van der Waals surface area contributed by atoms with E-state index in [1.165, 1.54) is 6.07 Å². The molecule has 2 fully saturated rings. The maximum absolute atomic E-state index is 13.5. The number of fused-ring (bicyclic) bond motifs is 1. The van der Waals surface area contributed by atoms with E-state index in [0.717, 1.165) is 42.7 Å². The highest BCUT2D eigenvalue weighted by Gasteiger charge is 2.39. The molecule has 2 saturated heterocycles. The van der Waals surface area contributed by atoms with Crippen LogP contribution in [0.25, 0.3) is 0 Å². The van der Waals surface area contributed by atoms with Crippen molar-refractivity contribution in [1.29, 1.82) is 0 Å². The molecular weight excluding hydrogens is 414 g/mol. The molecule has 0 saturated carbocycles. The molecule has 0 radical (unpaired) electrons. The summed E-state index contributed by atoms with van der Waals surface area (Å²) in [7, 11) is 1.61. The zero-order valence-corrected chi connectivity index (χ0v) is 18.2. The second-order valence-electron chi connectivity index (χ2n) is 8.64. The van der Waals surface area contributed by atoms with Crippen molar-refractivity contribution in [3.8, 4) is 5.75 Å². The van der Waals surface area contributed by atoms with Gasteiger partial charge in [0.15, 0.2) is 11.6 Å². The maximum Gasteiger partial charge on any atom is 0.227 e. The fraction of sp³-hybridized carbons (Fsp3) is 0.440. The molecule has 4 rings (SSSR count). The molecule has 2 atom stereocenters. The smallest absolute Gasteiger partial charge is 0.227 e. The van der Waals surface area contributed by atoms with E-state index in [1.54, 1.807) is 7.11 Å². The molecule has 0 aromatic heterocycles. The summed E-state index contributed by atoms with van der Waals surface area (Å²) in [4.78, 5) is 29.6. The highest BCUT2D eigenvalue weighted by atomic mass is 19.2. The van der Waals surface area contributed by atoms with E-state index in [0.29, 0.717) is 31.6 Å². The van der Waals surface area contributed by atoms with Crippen molar-refractivity contribution >= 4 is 11.8 Å². The Morgan fingerprint density at radius 3 is 2.53 bits per heavy atom. The fourth-order valence-electron chi connectivity index (χ4n) is 4.93. The molecule has 0 aliphatic carbocycles. The van der Waals surface area contributed by atoms with Crippen LogP contribution in [0.5, 0.6) is 5.75 Å². The van der Waals surface area contributed by atoms with Gasteiger partial charge in [-0.2, -0.15) is 0 Å². The number of carbonyl (C=O) groups is 2. The van der Waals surface area contributed by atoms with E-state index in [9.17, 15) is 18.4 Å². The lowest BCUT2D eigenvalue weighted by Crippen LogP contribution is -2.57. The van der Waals surface area contributed by atoms with E-state index in [-0.39, 0.29) is 30.2 Å². The lowest BCUT2D eigenvalue weighted by atomic mass is 9.83. The standard InChI is InChI=1S/C25H28F2N2O3/c1-32-20-6-2-4-17(12-20)14-24(30)28-11-9-23-19(16-28)5-3-10-29(23)25(31)15-18-7-8-21(26)22(27)13-18/h2,4,6-8,12-13,19,23H,3,5,9-11,14-16H2,1H3/t19-,23-/m1/s1. The zero-order chi connectivity index (χ0) is 22.7. The second kappa shape index (κ2) is 9.67. The van der Waals surface area contributed by atoms with E-state index in [4.69, 9.17) is 4.74 Å². The molecule has 2 amide bonds. The summed E-state index contributed by atoms with van der Waals surface area (Å²) in [6.07, 6.45) is 2.97. The molecule has 2 aliphatic rings. The van der Waals surface area contributed by atoms with Crippen molar-refractivity contribution in [3.63, 3.8) is 0 Å². The van der Waals surface area contributed by atoms with Gasteiger partial charge in [-0.15, -0.1) is 0 Å². The maximum atomic E-state index is 13.5. The predicted octanol–water partition coefficient (Wildman–Crippen LogP) is 3.60. The van der Waals surface area contributed by atoms with Gasteiger partial charge in [-0.05, 0) is 60.6 Å². The Bertz CT molecular complexity index is 997. The number of ether oxygens (including phenoxy) is 1. The average molecular weight is 443 g/mol. The predicted molar refractivity (Wildman–Crippen MR) is 116 cm³/mol. The minimum atomic E-state index is -0.935. The van der Waals surface area contributed by atoms with E-state index < -0.39 is 11.6 Å². The topological polar surface area (TPSA) is 49.9 Å². The lowest BCUT2D eigenvalue weighted by molar-refractivity contribution is -0.141. The van der Waals surface area contributed by atoms with Crippen LogP contribution >= 0.6 is 0 Å².